The summed E-state index contributed by atoms with van der Waals surface area (Å²) in [6.07, 6.45) is 4.70. The van der Waals surface area contributed by atoms with Gasteiger partial charge in [0.15, 0.2) is 0 Å². The third kappa shape index (κ3) is 3.03. The normalized spacial score (nSPS) is 13.9. The first-order valence-corrected chi connectivity index (χ1v) is 7.96. The zero-order valence-electron chi connectivity index (χ0n) is 13.4. The van der Waals surface area contributed by atoms with Crippen molar-refractivity contribution in [3.8, 4) is 0 Å². The average Bonchev–Trinajstić information content (AvgIpc) is 2.90. The maximum Gasteiger partial charge on any atom is 0.0726 e. The van der Waals surface area contributed by atoms with Gasteiger partial charge in [-0.1, -0.05) is 11.6 Å². The molecule has 3 rings (SSSR count). The number of rotatable bonds is 5. The van der Waals surface area contributed by atoms with Crippen molar-refractivity contribution in [2.75, 3.05) is 32.5 Å². The lowest BCUT2D eigenvalue weighted by molar-refractivity contribution is 0.405. The second-order valence-electron chi connectivity index (χ2n) is 6.37. The first-order chi connectivity index (χ1) is 10.1. The Morgan fingerprint density at radius 2 is 2.10 bits per heavy atom. The minimum atomic E-state index is 1.03. The van der Waals surface area contributed by atoms with Crippen LogP contribution in [0.25, 0.3) is 10.9 Å². The summed E-state index contributed by atoms with van der Waals surface area (Å²) in [6, 6.07) is 6.59. The first kappa shape index (κ1) is 14.3. The van der Waals surface area contributed by atoms with Crippen molar-refractivity contribution in [1.82, 2.24) is 9.88 Å². The SMILES string of the molecule is Cc1ccc2nc3c(c(NCCCN(C)C)c2c1)CCC3. The van der Waals surface area contributed by atoms with Crippen molar-refractivity contribution in [1.29, 1.82) is 0 Å². The Hall–Kier alpha value is -1.61. The van der Waals surface area contributed by atoms with E-state index in [4.69, 9.17) is 4.98 Å². The summed E-state index contributed by atoms with van der Waals surface area (Å²) in [5, 5.41) is 5.00. The molecule has 1 aliphatic carbocycles. The fraction of sp³-hybridized carbons (Fsp3) is 0.500. The van der Waals surface area contributed by atoms with Crippen molar-refractivity contribution in [3.63, 3.8) is 0 Å². The third-order valence-electron chi connectivity index (χ3n) is 4.25. The van der Waals surface area contributed by atoms with Crippen LogP contribution in [0.15, 0.2) is 18.2 Å². The summed E-state index contributed by atoms with van der Waals surface area (Å²) in [6.45, 7) is 4.30. The van der Waals surface area contributed by atoms with Gasteiger partial charge < -0.3 is 10.2 Å². The molecule has 0 amide bonds. The highest BCUT2D eigenvalue weighted by atomic mass is 15.1. The van der Waals surface area contributed by atoms with Crippen LogP contribution in [0, 0.1) is 6.92 Å². The topological polar surface area (TPSA) is 28.2 Å². The minimum absolute atomic E-state index is 1.03. The van der Waals surface area contributed by atoms with Crippen LogP contribution in [0.1, 0.15) is 29.7 Å². The highest BCUT2D eigenvalue weighted by Gasteiger charge is 2.19. The largest absolute Gasteiger partial charge is 0.384 e. The summed E-state index contributed by atoms with van der Waals surface area (Å²) >= 11 is 0. The molecule has 0 aliphatic heterocycles. The van der Waals surface area contributed by atoms with Crippen LogP contribution in [-0.2, 0) is 12.8 Å². The molecule has 0 atom stereocenters. The van der Waals surface area contributed by atoms with E-state index in [9.17, 15) is 0 Å². The molecule has 0 fully saturated rings. The van der Waals surface area contributed by atoms with Crippen LogP contribution in [0.4, 0.5) is 5.69 Å². The van der Waals surface area contributed by atoms with Gasteiger partial charge in [0.05, 0.1) is 5.52 Å². The molecular weight excluding hydrogens is 258 g/mol. The van der Waals surface area contributed by atoms with Crippen LogP contribution < -0.4 is 5.32 Å². The number of aromatic nitrogens is 1. The molecule has 3 heteroatoms. The van der Waals surface area contributed by atoms with Crippen molar-refractivity contribution in [2.24, 2.45) is 0 Å². The van der Waals surface area contributed by atoms with Crippen LogP contribution in [-0.4, -0.2) is 37.1 Å². The molecule has 0 spiro atoms. The van der Waals surface area contributed by atoms with Gasteiger partial charge in [0, 0.05) is 23.3 Å². The average molecular weight is 283 g/mol. The number of hydrogen-bond donors (Lipinski definition) is 1. The molecule has 1 heterocycles. The summed E-state index contributed by atoms with van der Waals surface area (Å²) in [5.74, 6) is 0. The van der Waals surface area contributed by atoms with Gasteiger partial charge >= 0.3 is 0 Å². The fourth-order valence-corrected chi connectivity index (χ4v) is 3.19. The maximum atomic E-state index is 4.87. The zero-order chi connectivity index (χ0) is 14.8. The number of nitrogens with one attached hydrogen (secondary N) is 1. The predicted octanol–water partition coefficient (Wildman–Crippen LogP) is 3.40. The lowest BCUT2D eigenvalue weighted by Crippen LogP contribution is -2.17. The van der Waals surface area contributed by atoms with Crippen LogP contribution in [0.5, 0.6) is 0 Å². The fourth-order valence-electron chi connectivity index (χ4n) is 3.19. The lowest BCUT2D eigenvalue weighted by Gasteiger charge is -2.16. The van der Waals surface area contributed by atoms with E-state index in [1.165, 1.54) is 40.7 Å². The Morgan fingerprint density at radius 1 is 1.24 bits per heavy atom. The van der Waals surface area contributed by atoms with Crippen molar-refractivity contribution in [2.45, 2.75) is 32.6 Å². The lowest BCUT2D eigenvalue weighted by atomic mass is 10.0. The Bertz CT molecular complexity index is 646. The van der Waals surface area contributed by atoms with E-state index >= 15 is 0 Å². The first-order valence-electron chi connectivity index (χ1n) is 7.96. The van der Waals surface area contributed by atoms with Gasteiger partial charge in [-0.05, 0) is 70.9 Å². The number of benzene rings is 1. The smallest absolute Gasteiger partial charge is 0.0726 e. The number of fused-ring (bicyclic) bond motifs is 2. The summed E-state index contributed by atoms with van der Waals surface area (Å²) in [4.78, 5) is 7.10. The summed E-state index contributed by atoms with van der Waals surface area (Å²) < 4.78 is 0. The Balaban J connectivity index is 1.92. The van der Waals surface area contributed by atoms with Gasteiger partial charge in [-0.15, -0.1) is 0 Å². The summed E-state index contributed by atoms with van der Waals surface area (Å²) in [5.41, 5.74) is 6.55. The van der Waals surface area contributed by atoms with E-state index in [0.29, 0.717) is 0 Å². The molecular formula is C18H25N3. The molecule has 1 aromatic carbocycles. The Morgan fingerprint density at radius 3 is 2.90 bits per heavy atom. The Labute approximate surface area is 127 Å². The molecule has 1 aromatic heterocycles. The monoisotopic (exact) mass is 283 g/mol. The highest BCUT2D eigenvalue weighted by molar-refractivity contribution is 5.94. The molecule has 2 aromatic rings. The number of pyridine rings is 1. The number of nitrogens with zero attached hydrogens (tertiary/aromatic N) is 2. The molecule has 0 saturated heterocycles. The van der Waals surface area contributed by atoms with E-state index in [-0.39, 0.29) is 0 Å². The molecule has 112 valence electrons. The van der Waals surface area contributed by atoms with E-state index < -0.39 is 0 Å². The molecule has 1 aliphatic rings. The van der Waals surface area contributed by atoms with Gasteiger partial charge in [-0.2, -0.15) is 0 Å². The number of anilines is 1. The standard InChI is InChI=1S/C18H25N3/c1-13-8-9-17-15(12-13)18(19-10-5-11-21(2)3)14-6-4-7-16(14)20-17/h8-9,12H,4-7,10-11H2,1-3H3,(H,19,20). The second kappa shape index (κ2) is 6.02. The number of aryl methyl sites for hydroxylation is 2. The van der Waals surface area contributed by atoms with Gasteiger partial charge in [0.1, 0.15) is 0 Å². The van der Waals surface area contributed by atoms with Gasteiger partial charge in [0.2, 0.25) is 0 Å². The van der Waals surface area contributed by atoms with Gasteiger partial charge in [-0.3, -0.25) is 4.98 Å². The summed E-state index contributed by atoms with van der Waals surface area (Å²) in [7, 11) is 4.26. The molecule has 0 saturated carbocycles. The number of hydrogen-bond acceptors (Lipinski definition) is 3. The van der Waals surface area contributed by atoms with Gasteiger partial charge in [0.25, 0.3) is 0 Å². The molecule has 0 unspecified atom stereocenters. The zero-order valence-corrected chi connectivity index (χ0v) is 13.4. The maximum absolute atomic E-state index is 4.87. The van der Waals surface area contributed by atoms with Crippen LogP contribution >= 0.6 is 0 Å². The molecule has 0 radical (unpaired) electrons. The van der Waals surface area contributed by atoms with Crippen LogP contribution in [0.3, 0.4) is 0 Å². The van der Waals surface area contributed by atoms with Crippen molar-refractivity contribution < 1.29 is 0 Å². The molecule has 1 N–H and O–H groups in total. The van der Waals surface area contributed by atoms with Crippen molar-refractivity contribution >= 4 is 16.6 Å². The van der Waals surface area contributed by atoms with E-state index in [1.54, 1.807) is 0 Å². The third-order valence-corrected chi connectivity index (χ3v) is 4.25. The quantitative estimate of drug-likeness (QED) is 0.853. The Kier molecular flexibility index (Phi) is 4.11. The second-order valence-corrected chi connectivity index (χ2v) is 6.37. The molecule has 3 nitrogen and oxygen atoms in total. The highest BCUT2D eigenvalue weighted by Crippen LogP contribution is 2.34. The van der Waals surface area contributed by atoms with E-state index in [2.05, 4.69) is 49.4 Å². The minimum Gasteiger partial charge on any atom is -0.384 e. The van der Waals surface area contributed by atoms with E-state index in [1.807, 2.05) is 0 Å². The van der Waals surface area contributed by atoms with E-state index in [0.717, 1.165) is 31.4 Å². The predicted molar refractivity (Wildman–Crippen MR) is 90.2 cm³/mol. The van der Waals surface area contributed by atoms with Gasteiger partial charge in [-0.25, -0.2) is 0 Å². The van der Waals surface area contributed by atoms with Crippen molar-refractivity contribution in [3.05, 3.63) is 35.0 Å². The van der Waals surface area contributed by atoms with Crippen LogP contribution in [0.2, 0.25) is 0 Å². The molecule has 0 bridgehead atoms. The molecule has 21 heavy (non-hydrogen) atoms.